The number of aliphatic imine (C=N–C) groups is 1. The summed E-state index contributed by atoms with van der Waals surface area (Å²) in [7, 11) is -0.775. The lowest BCUT2D eigenvalue weighted by Gasteiger charge is -2.05. The van der Waals surface area contributed by atoms with Crippen LogP contribution in [0.25, 0.3) is 0 Å². The number of nitrogens with zero attached hydrogens (tertiary/aromatic N) is 1. The average Bonchev–Trinajstić information content (AvgIpc) is 3.00. The second-order valence-electron chi connectivity index (χ2n) is 5.84. The van der Waals surface area contributed by atoms with Crippen molar-refractivity contribution in [2.45, 2.75) is 51.5 Å². The largest absolute Gasteiger partial charge is 0.475 e. The van der Waals surface area contributed by atoms with Crippen LogP contribution in [0, 0.1) is 0 Å². The van der Waals surface area contributed by atoms with Crippen LogP contribution in [0.3, 0.4) is 0 Å². The quantitative estimate of drug-likeness (QED) is 0.612. The molecule has 4 heteroatoms. The smallest absolute Gasteiger partial charge is 0.216 e. The second-order valence-corrected chi connectivity index (χ2v) is 7.46. The van der Waals surface area contributed by atoms with Gasteiger partial charge < -0.3 is 4.74 Å². The minimum Gasteiger partial charge on any atom is -0.475 e. The van der Waals surface area contributed by atoms with Crippen LogP contribution in [0.2, 0.25) is 0 Å². The summed E-state index contributed by atoms with van der Waals surface area (Å²) in [5, 5.41) is 0. The van der Waals surface area contributed by atoms with Crippen LogP contribution >= 0.6 is 0 Å². The number of unbranched alkanes of at least 4 members (excludes halogenated alkanes) is 5. The molecule has 122 valence electrons. The van der Waals surface area contributed by atoms with Gasteiger partial charge in [0.2, 0.25) is 5.90 Å². The number of hydrogen-bond donors (Lipinski definition) is 0. The minimum atomic E-state index is -0.775. The topological polar surface area (TPSA) is 38.7 Å². The number of rotatable bonds is 10. The molecule has 1 aliphatic rings. The Hall–Kier alpha value is -1.16. The van der Waals surface area contributed by atoms with Gasteiger partial charge in [0.05, 0.1) is 6.04 Å². The van der Waals surface area contributed by atoms with E-state index in [2.05, 4.69) is 11.9 Å². The molecular formula is C18H27NO2S. The van der Waals surface area contributed by atoms with Crippen LogP contribution in [0.4, 0.5) is 0 Å². The van der Waals surface area contributed by atoms with Gasteiger partial charge in [-0.2, -0.15) is 0 Å². The van der Waals surface area contributed by atoms with Gasteiger partial charge >= 0.3 is 0 Å². The normalized spacial score (nSPS) is 18.8. The molecule has 0 spiro atoms. The number of ether oxygens (including phenoxy) is 1. The Bertz CT molecular complexity index is 487. The Morgan fingerprint density at radius 1 is 1.14 bits per heavy atom. The van der Waals surface area contributed by atoms with E-state index in [1.54, 1.807) is 0 Å². The first-order chi connectivity index (χ1) is 10.8. The monoisotopic (exact) mass is 321 g/mol. The molecule has 0 bridgehead atoms. The van der Waals surface area contributed by atoms with E-state index >= 15 is 0 Å². The minimum absolute atomic E-state index is 0.0520. The fraction of sp³-hybridized carbons (Fsp3) is 0.611. The van der Waals surface area contributed by atoms with Crippen molar-refractivity contribution in [3.63, 3.8) is 0 Å². The lowest BCUT2D eigenvalue weighted by Crippen LogP contribution is -2.18. The summed E-state index contributed by atoms with van der Waals surface area (Å²) < 4.78 is 17.8. The van der Waals surface area contributed by atoms with Crippen molar-refractivity contribution in [2.24, 2.45) is 4.99 Å². The highest BCUT2D eigenvalue weighted by Gasteiger charge is 2.21. The van der Waals surface area contributed by atoms with E-state index in [-0.39, 0.29) is 6.04 Å². The maximum Gasteiger partial charge on any atom is 0.216 e. The van der Waals surface area contributed by atoms with Gasteiger partial charge in [-0.05, 0) is 18.6 Å². The van der Waals surface area contributed by atoms with Crippen LogP contribution in [-0.4, -0.2) is 34.3 Å². The van der Waals surface area contributed by atoms with Crippen LogP contribution in [0.5, 0.6) is 0 Å². The van der Waals surface area contributed by atoms with Crippen molar-refractivity contribution in [1.82, 2.24) is 0 Å². The highest BCUT2D eigenvalue weighted by Crippen LogP contribution is 2.13. The maximum atomic E-state index is 12.1. The van der Waals surface area contributed by atoms with Crippen LogP contribution in [0.1, 0.15) is 51.0 Å². The van der Waals surface area contributed by atoms with E-state index in [4.69, 9.17) is 4.74 Å². The standard InChI is InChI=1S/C18H27NO2S/c1-2-3-4-5-6-10-13-22(20)15-17-14-21-18(19-17)16-11-8-7-9-12-16/h7-9,11-12,17H,2-6,10,13-15H2,1H3/t17-,22?/m0/s1. The van der Waals surface area contributed by atoms with Gasteiger partial charge in [0.1, 0.15) is 6.61 Å². The van der Waals surface area contributed by atoms with Crippen molar-refractivity contribution < 1.29 is 8.95 Å². The molecule has 1 aromatic rings. The first-order valence-electron chi connectivity index (χ1n) is 8.40. The first-order valence-corrected chi connectivity index (χ1v) is 9.89. The van der Waals surface area contributed by atoms with E-state index in [1.165, 1.54) is 32.1 Å². The molecule has 2 atom stereocenters. The van der Waals surface area contributed by atoms with E-state index in [0.717, 1.165) is 17.7 Å². The van der Waals surface area contributed by atoms with E-state index in [0.29, 0.717) is 18.3 Å². The highest BCUT2D eigenvalue weighted by atomic mass is 32.2. The molecular weight excluding hydrogens is 294 g/mol. The summed E-state index contributed by atoms with van der Waals surface area (Å²) in [6, 6.07) is 9.97. The molecule has 1 aliphatic heterocycles. The summed E-state index contributed by atoms with van der Waals surface area (Å²) in [4.78, 5) is 4.57. The lowest BCUT2D eigenvalue weighted by atomic mass is 10.1. The third-order valence-corrected chi connectivity index (χ3v) is 5.34. The van der Waals surface area contributed by atoms with Gasteiger partial charge in [0.25, 0.3) is 0 Å². The van der Waals surface area contributed by atoms with Gasteiger partial charge in [-0.25, -0.2) is 4.99 Å². The third kappa shape index (κ3) is 5.91. The zero-order chi connectivity index (χ0) is 15.6. The van der Waals surface area contributed by atoms with Crippen molar-refractivity contribution in [1.29, 1.82) is 0 Å². The summed E-state index contributed by atoms with van der Waals surface area (Å²) in [5.41, 5.74) is 1.01. The summed E-state index contributed by atoms with van der Waals surface area (Å²) in [5.74, 6) is 2.13. The van der Waals surface area contributed by atoms with Crippen molar-refractivity contribution in [3.8, 4) is 0 Å². The van der Waals surface area contributed by atoms with Crippen LogP contribution < -0.4 is 0 Å². The second kappa shape index (κ2) is 9.78. The van der Waals surface area contributed by atoms with E-state index in [1.807, 2.05) is 30.3 Å². The Morgan fingerprint density at radius 3 is 2.64 bits per heavy atom. The Balaban J connectivity index is 1.66. The molecule has 0 saturated heterocycles. The predicted molar refractivity (Wildman–Crippen MR) is 94.0 cm³/mol. The van der Waals surface area contributed by atoms with Crippen molar-refractivity contribution in [2.75, 3.05) is 18.1 Å². The van der Waals surface area contributed by atoms with Crippen LogP contribution in [0.15, 0.2) is 35.3 Å². The zero-order valence-electron chi connectivity index (χ0n) is 13.5. The van der Waals surface area contributed by atoms with Crippen molar-refractivity contribution >= 4 is 16.7 Å². The molecule has 1 unspecified atom stereocenters. The third-order valence-electron chi connectivity index (χ3n) is 3.84. The molecule has 0 fully saturated rings. The molecule has 0 aliphatic carbocycles. The molecule has 2 rings (SSSR count). The van der Waals surface area contributed by atoms with Gasteiger partial charge in [0.15, 0.2) is 0 Å². The molecule has 0 radical (unpaired) electrons. The molecule has 0 amide bonds. The molecule has 3 nitrogen and oxygen atoms in total. The Morgan fingerprint density at radius 2 is 1.86 bits per heavy atom. The SMILES string of the molecule is CCCCCCCCS(=O)C[C@@H]1COC(c2ccccc2)=N1. The maximum absolute atomic E-state index is 12.1. The fourth-order valence-electron chi connectivity index (χ4n) is 2.58. The Labute approximate surface area is 136 Å². The fourth-order valence-corrected chi connectivity index (χ4v) is 3.87. The summed E-state index contributed by atoms with van der Waals surface area (Å²) in [6.45, 7) is 2.79. The molecule has 0 aromatic heterocycles. The Kier molecular flexibility index (Phi) is 7.64. The van der Waals surface area contributed by atoms with Gasteiger partial charge in [-0.1, -0.05) is 57.2 Å². The van der Waals surface area contributed by atoms with E-state index in [9.17, 15) is 4.21 Å². The van der Waals surface area contributed by atoms with Gasteiger partial charge in [-0.15, -0.1) is 0 Å². The lowest BCUT2D eigenvalue weighted by molar-refractivity contribution is 0.325. The van der Waals surface area contributed by atoms with Gasteiger partial charge in [0, 0.05) is 27.9 Å². The van der Waals surface area contributed by atoms with Crippen LogP contribution in [-0.2, 0) is 15.5 Å². The molecule has 1 heterocycles. The van der Waals surface area contributed by atoms with Crippen molar-refractivity contribution in [3.05, 3.63) is 35.9 Å². The summed E-state index contributed by atoms with van der Waals surface area (Å²) in [6.07, 6.45) is 7.44. The number of benzene rings is 1. The highest BCUT2D eigenvalue weighted by molar-refractivity contribution is 7.85. The average molecular weight is 321 g/mol. The zero-order valence-corrected chi connectivity index (χ0v) is 14.3. The molecule has 0 N–H and O–H groups in total. The van der Waals surface area contributed by atoms with Gasteiger partial charge in [-0.3, -0.25) is 4.21 Å². The molecule has 0 saturated carbocycles. The number of hydrogen-bond acceptors (Lipinski definition) is 3. The molecule has 1 aromatic carbocycles. The predicted octanol–water partition coefficient (Wildman–Crippen LogP) is 3.94. The molecule has 22 heavy (non-hydrogen) atoms. The van der Waals surface area contributed by atoms with E-state index < -0.39 is 10.8 Å². The summed E-state index contributed by atoms with van der Waals surface area (Å²) >= 11 is 0. The first kappa shape index (κ1) is 17.2.